The van der Waals surface area contributed by atoms with Crippen LogP contribution in [0, 0.1) is 11.6 Å². The van der Waals surface area contributed by atoms with Crippen molar-refractivity contribution in [3.63, 3.8) is 0 Å². The zero-order valence-corrected chi connectivity index (χ0v) is 11.0. The van der Waals surface area contributed by atoms with Gasteiger partial charge in [0.2, 0.25) is 5.43 Å². The zero-order chi connectivity index (χ0) is 15.5. The predicted octanol–water partition coefficient (Wildman–Crippen LogP) is 2.91. The third-order valence-electron chi connectivity index (χ3n) is 3.42. The highest BCUT2D eigenvalue weighted by molar-refractivity contribution is 6.35. The summed E-state index contributed by atoms with van der Waals surface area (Å²) >= 11 is 5.72. The summed E-state index contributed by atoms with van der Waals surface area (Å²) < 4.78 is 41.4. The zero-order valence-electron chi connectivity index (χ0n) is 10.2. The average Bonchev–Trinajstić information content (AvgIpc) is 3.14. The standard InChI is InChI=1S/C13H7ClF3NO3/c14-9-10(17)7(16)1-4-11(9)18(8-2-6(8)15)3-5(12(4)19)13(20)21/h1,3,6,8H,2H2,(H,20,21)/t6-,8-/m0/s1. The van der Waals surface area contributed by atoms with Gasteiger partial charge in [-0.1, -0.05) is 11.6 Å². The van der Waals surface area contributed by atoms with Gasteiger partial charge in [-0.3, -0.25) is 4.79 Å². The lowest BCUT2D eigenvalue weighted by Gasteiger charge is -2.13. The molecule has 0 saturated heterocycles. The Morgan fingerprint density at radius 3 is 2.57 bits per heavy atom. The van der Waals surface area contributed by atoms with Crippen molar-refractivity contribution in [2.75, 3.05) is 0 Å². The van der Waals surface area contributed by atoms with E-state index < -0.39 is 51.2 Å². The number of pyridine rings is 1. The number of hydrogen-bond acceptors (Lipinski definition) is 2. The van der Waals surface area contributed by atoms with Crippen LogP contribution in [0.5, 0.6) is 0 Å². The van der Waals surface area contributed by atoms with Crippen molar-refractivity contribution in [2.24, 2.45) is 0 Å². The molecular formula is C13H7ClF3NO3. The van der Waals surface area contributed by atoms with Gasteiger partial charge in [0.15, 0.2) is 11.6 Å². The Balaban J connectivity index is 2.49. The first kappa shape index (κ1) is 13.9. The number of carboxylic acids is 1. The first-order chi connectivity index (χ1) is 9.82. The first-order valence-corrected chi connectivity index (χ1v) is 6.30. The van der Waals surface area contributed by atoms with Crippen LogP contribution in [0.3, 0.4) is 0 Å². The van der Waals surface area contributed by atoms with Crippen molar-refractivity contribution in [3.05, 3.63) is 44.7 Å². The van der Waals surface area contributed by atoms with E-state index in [0.29, 0.717) is 6.07 Å². The molecule has 110 valence electrons. The van der Waals surface area contributed by atoms with Crippen molar-refractivity contribution in [1.82, 2.24) is 4.57 Å². The molecule has 0 spiro atoms. The Labute approximate surface area is 120 Å². The third-order valence-corrected chi connectivity index (χ3v) is 3.77. The molecule has 0 amide bonds. The largest absolute Gasteiger partial charge is 0.477 e. The van der Waals surface area contributed by atoms with E-state index in [1.165, 1.54) is 0 Å². The van der Waals surface area contributed by atoms with Crippen LogP contribution >= 0.6 is 11.6 Å². The van der Waals surface area contributed by atoms with E-state index in [0.717, 1.165) is 10.8 Å². The van der Waals surface area contributed by atoms with Crippen LogP contribution in [-0.2, 0) is 0 Å². The minimum atomic E-state index is -1.53. The maximum atomic E-state index is 13.6. The van der Waals surface area contributed by atoms with Crippen LogP contribution in [0.15, 0.2) is 17.1 Å². The van der Waals surface area contributed by atoms with Gasteiger partial charge in [0.05, 0.1) is 16.9 Å². The number of benzene rings is 1. The molecule has 8 heteroatoms. The quantitative estimate of drug-likeness (QED) is 0.866. The Morgan fingerprint density at radius 1 is 1.43 bits per heavy atom. The van der Waals surface area contributed by atoms with Crippen LogP contribution in [0.1, 0.15) is 22.8 Å². The number of halogens is 4. The van der Waals surface area contributed by atoms with Crippen LogP contribution in [0.2, 0.25) is 5.02 Å². The number of aromatic nitrogens is 1. The summed E-state index contributed by atoms with van der Waals surface area (Å²) in [7, 11) is 0. The topological polar surface area (TPSA) is 59.3 Å². The van der Waals surface area contributed by atoms with Crippen molar-refractivity contribution >= 4 is 28.5 Å². The van der Waals surface area contributed by atoms with Gasteiger partial charge in [0.1, 0.15) is 16.8 Å². The highest BCUT2D eigenvalue weighted by atomic mass is 35.5. The lowest BCUT2D eigenvalue weighted by atomic mass is 10.1. The molecule has 3 rings (SSSR count). The Kier molecular flexibility index (Phi) is 2.98. The molecule has 2 atom stereocenters. The average molecular weight is 318 g/mol. The second-order valence-corrected chi connectivity index (χ2v) is 5.16. The number of hydrogen-bond donors (Lipinski definition) is 1. The summed E-state index contributed by atoms with van der Waals surface area (Å²) in [5, 5.41) is 7.94. The summed E-state index contributed by atoms with van der Waals surface area (Å²) in [6.45, 7) is 0. The lowest BCUT2D eigenvalue weighted by molar-refractivity contribution is 0.0694. The van der Waals surface area contributed by atoms with E-state index in [9.17, 15) is 22.8 Å². The van der Waals surface area contributed by atoms with Gasteiger partial charge in [-0.25, -0.2) is 18.0 Å². The Bertz CT molecular complexity index is 849. The maximum Gasteiger partial charge on any atom is 0.341 e. The summed E-state index contributed by atoms with van der Waals surface area (Å²) in [6, 6.07) is -0.161. The molecular weight excluding hydrogens is 311 g/mol. The first-order valence-electron chi connectivity index (χ1n) is 5.92. The molecule has 1 saturated carbocycles. The summed E-state index contributed by atoms with van der Waals surface area (Å²) in [6.07, 6.45) is -0.242. The van der Waals surface area contributed by atoms with Gasteiger partial charge in [-0.15, -0.1) is 0 Å². The van der Waals surface area contributed by atoms with Crippen molar-refractivity contribution in [3.8, 4) is 0 Å². The minimum absolute atomic E-state index is 0.0896. The van der Waals surface area contributed by atoms with E-state index in [1.54, 1.807) is 0 Å². The molecule has 1 fully saturated rings. The van der Waals surface area contributed by atoms with Gasteiger partial charge < -0.3 is 9.67 Å². The van der Waals surface area contributed by atoms with Gasteiger partial charge in [-0.05, 0) is 6.07 Å². The van der Waals surface area contributed by atoms with Crippen molar-refractivity contribution < 1.29 is 23.1 Å². The van der Waals surface area contributed by atoms with Crippen LogP contribution < -0.4 is 5.43 Å². The number of rotatable bonds is 2. The fourth-order valence-electron chi connectivity index (χ4n) is 2.27. The van der Waals surface area contributed by atoms with E-state index in [2.05, 4.69) is 0 Å². The van der Waals surface area contributed by atoms with Crippen LogP contribution in [0.25, 0.3) is 10.9 Å². The minimum Gasteiger partial charge on any atom is -0.477 e. The van der Waals surface area contributed by atoms with Gasteiger partial charge in [-0.2, -0.15) is 0 Å². The molecule has 1 aliphatic carbocycles. The van der Waals surface area contributed by atoms with Gasteiger partial charge in [0, 0.05) is 12.6 Å². The lowest BCUT2D eigenvalue weighted by Crippen LogP contribution is -2.19. The maximum absolute atomic E-state index is 13.6. The summed E-state index contributed by atoms with van der Waals surface area (Å²) in [4.78, 5) is 23.1. The third kappa shape index (κ3) is 1.99. The molecule has 0 aliphatic heterocycles. The number of fused-ring (bicyclic) bond motifs is 1. The fraction of sp³-hybridized carbons (Fsp3) is 0.231. The highest BCUT2D eigenvalue weighted by Crippen LogP contribution is 2.42. The predicted molar refractivity (Wildman–Crippen MR) is 68.6 cm³/mol. The van der Waals surface area contributed by atoms with E-state index in [-0.39, 0.29) is 11.9 Å². The SMILES string of the molecule is O=C(O)c1cn([C@H]2C[C@@H]2F)c2c(Cl)c(F)c(F)cc2c1=O. The number of carboxylic acid groups (broad SMARTS) is 1. The molecule has 0 bridgehead atoms. The van der Waals surface area contributed by atoms with Gasteiger partial charge >= 0.3 is 5.97 Å². The Hall–Kier alpha value is -2.02. The molecule has 21 heavy (non-hydrogen) atoms. The second kappa shape index (κ2) is 4.49. The summed E-state index contributed by atoms with van der Waals surface area (Å²) in [5.74, 6) is -4.27. The number of nitrogens with zero attached hydrogens (tertiary/aromatic N) is 1. The monoisotopic (exact) mass is 317 g/mol. The second-order valence-electron chi connectivity index (χ2n) is 4.79. The molecule has 4 nitrogen and oxygen atoms in total. The number of aromatic carboxylic acids is 1. The molecule has 1 heterocycles. The normalized spacial score (nSPS) is 20.8. The van der Waals surface area contributed by atoms with Crippen LogP contribution in [0.4, 0.5) is 13.2 Å². The molecule has 0 radical (unpaired) electrons. The van der Waals surface area contributed by atoms with E-state index in [4.69, 9.17) is 16.7 Å². The highest BCUT2D eigenvalue weighted by Gasteiger charge is 2.40. The number of carbonyl (C=O) groups is 1. The van der Waals surface area contributed by atoms with Crippen LogP contribution in [-0.4, -0.2) is 21.8 Å². The summed E-state index contributed by atoms with van der Waals surface area (Å²) in [5.41, 5.74) is -1.84. The van der Waals surface area contributed by atoms with Crippen molar-refractivity contribution in [2.45, 2.75) is 18.6 Å². The molecule has 1 aromatic heterocycles. The van der Waals surface area contributed by atoms with E-state index in [1.807, 2.05) is 0 Å². The van der Waals surface area contributed by atoms with Gasteiger partial charge in [0.25, 0.3) is 0 Å². The molecule has 1 aromatic carbocycles. The molecule has 2 aromatic rings. The number of alkyl halides is 1. The molecule has 1 N–H and O–H groups in total. The fourth-order valence-corrected chi connectivity index (χ4v) is 2.56. The Morgan fingerprint density at radius 2 is 2.05 bits per heavy atom. The van der Waals surface area contributed by atoms with E-state index >= 15 is 0 Å². The smallest absolute Gasteiger partial charge is 0.341 e. The molecule has 1 aliphatic rings. The molecule has 0 unspecified atom stereocenters. The van der Waals surface area contributed by atoms with Crippen molar-refractivity contribution in [1.29, 1.82) is 0 Å².